The number of aliphatic imine (C=N–C) groups is 1. The van der Waals surface area contributed by atoms with Gasteiger partial charge in [-0.15, -0.1) is 0 Å². The molecule has 0 radical (unpaired) electrons. The van der Waals surface area contributed by atoms with E-state index in [2.05, 4.69) is 191 Å². The van der Waals surface area contributed by atoms with Crippen LogP contribution in [0.5, 0.6) is 0 Å². The van der Waals surface area contributed by atoms with Crippen molar-refractivity contribution in [2.24, 2.45) is 16.8 Å². The highest BCUT2D eigenvalue weighted by Crippen LogP contribution is 2.47. The van der Waals surface area contributed by atoms with E-state index in [1.54, 1.807) is 0 Å². The Morgan fingerprint density at radius 1 is 0.635 bits per heavy atom. The molecule has 4 heterocycles. The molecular formula is C58H46N4O. The summed E-state index contributed by atoms with van der Waals surface area (Å²) in [5.41, 5.74) is 16.2. The second-order valence-corrected chi connectivity index (χ2v) is 17.7. The molecule has 0 saturated carbocycles. The van der Waals surface area contributed by atoms with Crippen LogP contribution in [0.1, 0.15) is 49.4 Å². The predicted octanol–water partition coefficient (Wildman–Crippen LogP) is 14.2. The summed E-state index contributed by atoms with van der Waals surface area (Å²) in [5.74, 6) is 0.736. The lowest BCUT2D eigenvalue weighted by Gasteiger charge is -2.33. The maximum absolute atomic E-state index is 6.26. The summed E-state index contributed by atoms with van der Waals surface area (Å²) in [4.78, 5) is 8.36. The summed E-state index contributed by atoms with van der Waals surface area (Å²) in [6.45, 7) is 0. The molecule has 5 nitrogen and oxygen atoms in total. The minimum absolute atomic E-state index is 0.212. The number of nitrogens with one attached hydrogen (secondary N) is 1. The van der Waals surface area contributed by atoms with Gasteiger partial charge in [-0.05, 0) is 109 Å². The molecule has 5 aliphatic rings. The van der Waals surface area contributed by atoms with Crippen molar-refractivity contribution in [1.82, 2.24) is 9.88 Å². The van der Waals surface area contributed by atoms with Gasteiger partial charge >= 0.3 is 0 Å². The van der Waals surface area contributed by atoms with Gasteiger partial charge in [0, 0.05) is 67.3 Å². The van der Waals surface area contributed by atoms with Crippen LogP contribution in [-0.2, 0) is 0 Å². The molecule has 63 heavy (non-hydrogen) atoms. The van der Waals surface area contributed by atoms with Crippen molar-refractivity contribution in [3.63, 3.8) is 0 Å². The van der Waals surface area contributed by atoms with Crippen LogP contribution in [0.2, 0.25) is 0 Å². The van der Waals surface area contributed by atoms with Gasteiger partial charge in [0.25, 0.3) is 0 Å². The average molecular weight is 815 g/mol. The predicted molar refractivity (Wildman–Crippen MR) is 260 cm³/mol. The second-order valence-electron chi connectivity index (χ2n) is 17.7. The summed E-state index contributed by atoms with van der Waals surface area (Å²) in [5, 5.41) is 8.84. The number of benzene rings is 6. The third-order valence-corrected chi connectivity index (χ3v) is 14.1. The normalized spacial score (nSPS) is 21.6. The Morgan fingerprint density at radius 3 is 2.22 bits per heavy atom. The summed E-state index contributed by atoms with van der Waals surface area (Å²) >= 11 is 0. The molecule has 4 atom stereocenters. The fourth-order valence-electron chi connectivity index (χ4n) is 11.1. The average Bonchev–Trinajstić information content (AvgIpc) is 4.02. The van der Waals surface area contributed by atoms with Crippen LogP contribution in [0.25, 0.3) is 60.6 Å². The third kappa shape index (κ3) is 5.94. The van der Waals surface area contributed by atoms with Crippen molar-refractivity contribution < 1.29 is 4.42 Å². The van der Waals surface area contributed by atoms with E-state index < -0.39 is 0 Å². The molecule has 5 heteroatoms. The standard InChI is InChI=1S/C58H46N4O/c1-2-16-37(17-3-1)50-36-51(43-19-5-4-18-42(43)38-30-31-57-49(34-38)48-24-10-15-29-56(48)63-57)60-58(59-50)39-32-40(61-52-25-11-6-20-44(52)45-21-7-12-26-53(45)61)35-41(33-39)62-54-27-13-8-22-46(54)47-23-9-14-28-55(47)62/h1-2,4-8,10-15,18-22,24-37,46,54,58-59H,3,9,16-17,23H2. The number of nitrogens with zero attached hydrogens (tertiary/aromatic N) is 3. The van der Waals surface area contributed by atoms with E-state index in [9.17, 15) is 0 Å². The fraction of sp³-hybridized carbons (Fsp3) is 0.155. The van der Waals surface area contributed by atoms with Gasteiger partial charge in [0.2, 0.25) is 0 Å². The maximum Gasteiger partial charge on any atom is 0.145 e. The molecule has 13 rings (SSSR count). The Hall–Kier alpha value is -7.37. The molecule has 2 aliphatic heterocycles. The summed E-state index contributed by atoms with van der Waals surface area (Å²) < 4.78 is 8.72. The lowest BCUT2D eigenvalue weighted by molar-refractivity contribution is 0.477. The summed E-state index contributed by atoms with van der Waals surface area (Å²) in [7, 11) is 0. The molecule has 0 spiro atoms. The van der Waals surface area contributed by atoms with Crippen molar-refractivity contribution >= 4 is 55.1 Å². The number of hydrogen-bond donors (Lipinski definition) is 1. The van der Waals surface area contributed by atoms with Gasteiger partial charge in [0.15, 0.2) is 0 Å². The van der Waals surface area contributed by atoms with Crippen LogP contribution >= 0.6 is 0 Å². The molecule has 0 amide bonds. The zero-order valence-electron chi connectivity index (χ0n) is 35.0. The zero-order valence-corrected chi connectivity index (χ0v) is 35.0. The van der Waals surface area contributed by atoms with Crippen LogP contribution in [0, 0.1) is 11.8 Å². The first kappa shape index (κ1) is 36.3. The quantitative estimate of drug-likeness (QED) is 0.170. The number of fused-ring (bicyclic) bond motifs is 8. The van der Waals surface area contributed by atoms with Gasteiger partial charge in [0.05, 0.1) is 22.8 Å². The number of aromatic nitrogens is 1. The van der Waals surface area contributed by atoms with E-state index >= 15 is 0 Å². The molecule has 6 aromatic carbocycles. The molecule has 304 valence electrons. The van der Waals surface area contributed by atoms with Crippen LogP contribution < -0.4 is 10.2 Å². The molecule has 0 saturated heterocycles. The SMILES string of the molecule is C1=CC2C3=C(C=CCC3)N(c3cc(C4N=C(c5ccccc5-c5ccc6oc7ccccc7c6c5)C=C(C5CC=CCC5)N4)cc(-n4c5ccccc5c5ccccc54)c3)C2C=C1. The smallest absolute Gasteiger partial charge is 0.145 e. The fourth-order valence-corrected chi connectivity index (χ4v) is 11.1. The number of hydrogen-bond acceptors (Lipinski definition) is 4. The van der Waals surface area contributed by atoms with Gasteiger partial charge in [-0.3, -0.25) is 4.99 Å². The molecule has 4 unspecified atom stereocenters. The topological polar surface area (TPSA) is 45.7 Å². The largest absolute Gasteiger partial charge is 0.456 e. The highest BCUT2D eigenvalue weighted by atomic mass is 16.3. The van der Waals surface area contributed by atoms with Crippen LogP contribution in [-0.4, -0.2) is 16.3 Å². The van der Waals surface area contributed by atoms with Gasteiger partial charge in [0.1, 0.15) is 17.3 Å². The highest BCUT2D eigenvalue weighted by Gasteiger charge is 2.39. The first-order valence-electron chi connectivity index (χ1n) is 22.6. The Labute approximate surface area is 367 Å². The van der Waals surface area contributed by atoms with Crippen molar-refractivity contribution in [3.05, 3.63) is 216 Å². The molecular weight excluding hydrogens is 769 g/mol. The van der Waals surface area contributed by atoms with Gasteiger partial charge < -0.3 is 19.2 Å². The van der Waals surface area contributed by atoms with Crippen molar-refractivity contribution in [1.29, 1.82) is 0 Å². The lowest BCUT2D eigenvalue weighted by Crippen LogP contribution is -2.33. The van der Waals surface area contributed by atoms with Crippen molar-refractivity contribution in [2.45, 2.75) is 44.3 Å². The Kier molecular flexibility index (Phi) is 8.43. The van der Waals surface area contributed by atoms with Crippen LogP contribution in [0.15, 0.2) is 215 Å². The summed E-state index contributed by atoms with van der Waals surface area (Å²) in [6, 6.07) is 48.8. The molecule has 0 fully saturated rings. The number of furan rings is 1. The van der Waals surface area contributed by atoms with Crippen LogP contribution in [0.3, 0.4) is 0 Å². The Morgan fingerprint density at radius 2 is 1.38 bits per heavy atom. The molecule has 3 aliphatic carbocycles. The number of rotatable bonds is 6. The van der Waals surface area contributed by atoms with Gasteiger partial charge in [-0.2, -0.15) is 0 Å². The Balaban J connectivity index is 1.01. The van der Waals surface area contributed by atoms with E-state index in [0.717, 1.165) is 87.7 Å². The third-order valence-electron chi connectivity index (χ3n) is 14.1. The molecule has 1 N–H and O–H groups in total. The molecule has 0 bridgehead atoms. The monoisotopic (exact) mass is 814 g/mol. The molecule has 2 aromatic heterocycles. The van der Waals surface area contributed by atoms with E-state index in [1.165, 1.54) is 44.5 Å². The summed E-state index contributed by atoms with van der Waals surface area (Å²) in [6.07, 6.45) is 26.1. The number of anilines is 1. The zero-order chi connectivity index (χ0) is 41.4. The lowest BCUT2D eigenvalue weighted by atomic mass is 9.87. The van der Waals surface area contributed by atoms with E-state index in [-0.39, 0.29) is 12.2 Å². The van der Waals surface area contributed by atoms with E-state index in [0.29, 0.717) is 11.8 Å². The highest BCUT2D eigenvalue weighted by molar-refractivity contribution is 6.14. The minimum atomic E-state index is -0.318. The Bertz CT molecular complexity index is 3350. The maximum atomic E-state index is 6.26. The molecule has 8 aromatic rings. The van der Waals surface area contributed by atoms with Crippen LogP contribution in [0.4, 0.5) is 5.69 Å². The van der Waals surface area contributed by atoms with E-state index in [1.807, 2.05) is 12.1 Å². The van der Waals surface area contributed by atoms with E-state index in [4.69, 9.17) is 9.41 Å². The van der Waals surface area contributed by atoms with Gasteiger partial charge in [-0.1, -0.05) is 127 Å². The number of allylic oxidation sites excluding steroid dienone is 8. The minimum Gasteiger partial charge on any atom is -0.456 e. The van der Waals surface area contributed by atoms with Crippen molar-refractivity contribution in [2.75, 3.05) is 4.90 Å². The van der Waals surface area contributed by atoms with Gasteiger partial charge in [-0.25, -0.2) is 0 Å². The first-order valence-corrected chi connectivity index (χ1v) is 22.6. The second kappa shape index (κ2) is 14.6. The first-order chi connectivity index (χ1) is 31.2. The van der Waals surface area contributed by atoms with Crippen molar-refractivity contribution in [3.8, 4) is 16.8 Å². The number of para-hydroxylation sites is 3.